The lowest BCUT2D eigenvalue weighted by Gasteiger charge is -2.11. The number of carbonyl (C=O) groups is 1. The van der Waals surface area contributed by atoms with Gasteiger partial charge in [-0.05, 0) is 24.3 Å². The molecular formula is C17H13F2N3O4. The Morgan fingerprint density at radius 3 is 2.58 bits per heavy atom. The topological polar surface area (TPSA) is 86.5 Å². The van der Waals surface area contributed by atoms with E-state index in [0.717, 1.165) is 0 Å². The molecule has 2 aromatic carbocycles. The van der Waals surface area contributed by atoms with Gasteiger partial charge < -0.3 is 19.2 Å². The largest absolute Gasteiger partial charge is 0.439 e. The average Bonchev–Trinajstić information content (AvgIpc) is 3.11. The van der Waals surface area contributed by atoms with Crippen molar-refractivity contribution in [1.82, 2.24) is 10.2 Å². The van der Waals surface area contributed by atoms with Gasteiger partial charge in [0.1, 0.15) is 5.75 Å². The number of nitrogens with one attached hydrogen (secondary N) is 1. The number of para-hydroxylation sites is 2. The summed E-state index contributed by atoms with van der Waals surface area (Å²) in [5, 5.41) is 9.92. The minimum atomic E-state index is -3.00. The molecule has 0 saturated carbocycles. The average molecular weight is 361 g/mol. The van der Waals surface area contributed by atoms with Crippen LogP contribution in [0.5, 0.6) is 11.8 Å². The molecule has 1 amide bonds. The monoisotopic (exact) mass is 361 g/mol. The summed E-state index contributed by atoms with van der Waals surface area (Å²) < 4.78 is 39.5. The molecule has 3 rings (SSSR count). The first-order valence-corrected chi connectivity index (χ1v) is 7.47. The van der Waals surface area contributed by atoms with E-state index in [4.69, 9.17) is 9.15 Å². The van der Waals surface area contributed by atoms with E-state index in [0.29, 0.717) is 5.56 Å². The van der Waals surface area contributed by atoms with E-state index in [9.17, 15) is 13.6 Å². The molecule has 1 N–H and O–H groups in total. The first-order chi connectivity index (χ1) is 12.6. The number of halogens is 2. The van der Waals surface area contributed by atoms with Gasteiger partial charge in [0.05, 0.1) is 5.69 Å². The maximum absolute atomic E-state index is 12.4. The number of carbonyl (C=O) groups excluding carboxylic acids is 1. The van der Waals surface area contributed by atoms with E-state index in [1.165, 1.54) is 18.2 Å². The Morgan fingerprint density at radius 2 is 1.81 bits per heavy atom. The van der Waals surface area contributed by atoms with Gasteiger partial charge in [-0.15, -0.1) is 5.10 Å². The molecule has 0 aliphatic rings. The maximum atomic E-state index is 12.4. The van der Waals surface area contributed by atoms with Crippen molar-refractivity contribution in [1.29, 1.82) is 0 Å². The Labute approximate surface area is 146 Å². The highest BCUT2D eigenvalue weighted by molar-refractivity contribution is 5.93. The third-order valence-electron chi connectivity index (χ3n) is 3.13. The zero-order valence-electron chi connectivity index (χ0n) is 13.3. The van der Waals surface area contributed by atoms with Crippen molar-refractivity contribution in [3.05, 3.63) is 54.6 Å². The summed E-state index contributed by atoms with van der Waals surface area (Å²) in [6, 6.07) is 14.8. The van der Waals surface area contributed by atoms with E-state index in [1.807, 2.05) is 18.2 Å². The molecule has 0 atom stereocenters. The van der Waals surface area contributed by atoms with E-state index in [1.54, 1.807) is 18.2 Å². The van der Waals surface area contributed by atoms with Crippen LogP contribution in [0.4, 0.5) is 14.5 Å². The Hall–Kier alpha value is -3.49. The zero-order chi connectivity index (χ0) is 18.4. The lowest BCUT2D eigenvalue weighted by Crippen LogP contribution is -2.21. The fourth-order valence-electron chi connectivity index (χ4n) is 2.05. The Morgan fingerprint density at radius 1 is 1.08 bits per heavy atom. The van der Waals surface area contributed by atoms with Crippen molar-refractivity contribution in [2.45, 2.75) is 6.61 Å². The molecule has 0 spiro atoms. The molecule has 26 heavy (non-hydrogen) atoms. The van der Waals surface area contributed by atoms with Crippen molar-refractivity contribution in [3.63, 3.8) is 0 Å². The fraction of sp³-hybridized carbons (Fsp3) is 0.118. The van der Waals surface area contributed by atoms with Crippen LogP contribution in [-0.2, 0) is 4.79 Å². The quantitative estimate of drug-likeness (QED) is 0.694. The molecule has 0 saturated heterocycles. The summed E-state index contributed by atoms with van der Waals surface area (Å²) in [5.41, 5.74) is 0.800. The second-order valence-electron chi connectivity index (χ2n) is 4.95. The number of benzene rings is 2. The molecule has 3 aromatic rings. The van der Waals surface area contributed by atoms with E-state index < -0.39 is 19.1 Å². The molecule has 0 bridgehead atoms. The van der Waals surface area contributed by atoms with Crippen molar-refractivity contribution < 1.29 is 27.5 Å². The summed E-state index contributed by atoms with van der Waals surface area (Å²) in [5.74, 6) is -0.508. The summed E-state index contributed by atoms with van der Waals surface area (Å²) in [7, 11) is 0. The first kappa shape index (κ1) is 17.3. The van der Waals surface area contributed by atoms with Gasteiger partial charge >= 0.3 is 12.7 Å². The van der Waals surface area contributed by atoms with Crippen molar-refractivity contribution in [3.8, 4) is 23.3 Å². The molecule has 134 valence electrons. The van der Waals surface area contributed by atoms with Gasteiger partial charge in [0.2, 0.25) is 0 Å². The highest BCUT2D eigenvalue weighted by atomic mass is 19.3. The molecule has 1 aromatic heterocycles. The van der Waals surface area contributed by atoms with E-state index in [-0.39, 0.29) is 23.4 Å². The third kappa shape index (κ3) is 4.53. The smallest absolute Gasteiger partial charge is 0.415 e. The molecule has 0 radical (unpaired) electrons. The van der Waals surface area contributed by atoms with E-state index >= 15 is 0 Å². The van der Waals surface area contributed by atoms with E-state index in [2.05, 4.69) is 20.3 Å². The molecule has 0 aliphatic carbocycles. The molecular weight excluding hydrogens is 348 g/mol. The fourth-order valence-corrected chi connectivity index (χ4v) is 2.05. The number of anilines is 1. The van der Waals surface area contributed by atoms with Gasteiger partial charge in [0.25, 0.3) is 11.8 Å². The van der Waals surface area contributed by atoms with Crippen LogP contribution < -0.4 is 14.8 Å². The number of alkyl halides is 2. The number of nitrogens with zero attached hydrogens (tertiary/aromatic N) is 2. The number of hydrogen-bond acceptors (Lipinski definition) is 6. The van der Waals surface area contributed by atoms with Gasteiger partial charge in [-0.3, -0.25) is 4.79 Å². The van der Waals surface area contributed by atoms with Gasteiger partial charge in [-0.25, -0.2) is 0 Å². The van der Waals surface area contributed by atoms with Gasteiger partial charge in [0.15, 0.2) is 6.61 Å². The number of amides is 1. The Kier molecular flexibility index (Phi) is 5.37. The van der Waals surface area contributed by atoms with Crippen LogP contribution in [-0.4, -0.2) is 29.3 Å². The molecule has 9 heteroatoms. The van der Waals surface area contributed by atoms with Crippen LogP contribution in [0.2, 0.25) is 0 Å². The Bertz CT molecular complexity index is 871. The second-order valence-corrected chi connectivity index (χ2v) is 4.95. The van der Waals surface area contributed by atoms with Crippen molar-refractivity contribution >= 4 is 11.6 Å². The second kappa shape index (κ2) is 8.06. The third-order valence-corrected chi connectivity index (χ3v) is 3.13. The molecule has 1 heterocycles. The van der Waals surface area contributed by atoms with Crippen LogP contribution in [0.1, 0.15) is 0 Å². The van der Waals surface area contributed by atoms with Crippen LogP contribution in [0, 0.1) is 0 Å². The zero-order valence-corrected chi connectivity index (χ0v) is 13.3. The highest BCUT2D eigenvalue weighted by Crippen LogP contribution is 2.25. The molecule has 7 nitrogen and oxygen atoms in total. The van der Waals surface area contributed by atoms with Crippen LogP contribution in [0.25, 0.3) is 11.5 Å². The van der Waals surface area contributed by atoms with Gasteiger partial charge in [-0.1, -0.05) is 35.4 Å². The number of ether oxygens (including phenoxy) is 2. The predicted molar refractivity (Wildman–Crippen MR) is 86.9 cm³/mol. The van der Waals surface area contributed by atoms with Crippen LogP contribution in [0.3, 0.4) is 0 Å². The lowest BCUT2D eigenvalue weighted by atomic mass is 10.2. The Balaban J connectivity index is 1.58. The normalized spacial score (nSPS) is 10.6. The van der Waals surface area contributed by atoms with Crippen molar-refractivity contribution in [2.24, 2.45) is 0 Å². The van der Waals surface area contributed by atoms with Crippen LogP contribution in [0.15, 0.2) is 59.0 Å². The van der Waals surface area contributed by atoms with Gasteiger partial charge in [-0.2, -0.15) is 8.78 Å². The SMILES string of the molecule is O=C(COc1nnc(-c2ccccc2)o1)Nc1ccccc1OC(F)F. The minimum Gasteiger partial charge on any atom is -0.439 e. The maximum Gasteiger partial charge on any atom is 0.415 e. The molecule has 0 unspecified atom stereocenters. The summed E-state index contributed by atoms with van der Waals surface area (Å²) in [6.45, 7) is -3.45. The van der Waals surface area contributed by atoms with Crippen LogP contribution >= 0.6 is 0 Å². The number of rotatable bonds is 7. The molecule has 0 aliphatic heterocycles. The summed E-state index contributed by atoms with van der Waals surface area (Å²) >= 11 is 0. The van der Waals surface area contributed by atoms with Gasteiger partial charge in [0, 0.05) is 5.56 Å². The predicted octanol–water partition coefficient (Wildman–Crippen LogP) is 3.36. The highest BCUT2D eigenvalue weighted by Gasteiger charge is 2.14. The number of aromatic nitrogens is 2. The summed E-state index contributed by atoms with van der Waals surface area (Å²) in [6.07, 6.45) is -0.184. The molecule has 0 fully saturated rings. The first-order valence-electron chi connectivity index (χ1n) is 7.47. The van der Waals surface area contributed by atoms with Crippen molar-refractivity contribution in [2.75, 3.05) is 11.9 Å². The number of hydrogen-bond donors (Lipinski definition) is 1. The minimum absolute atomic E-state index is 0.0944. The standard InChI is InChI=1S/C17H13F2N3O4/c18-16(19)25-13-9-5-4-8-12(13)20-14(23)10-24-17-22-21-15(26-17)11-6-2-1-3-7-11/h1-9,16H,10H2,(H,20,23). The summed E-state index contributed by atoms with van der Waals surface area (Å²) in [4.78, 5) is 11.9. The lowest BCUT2D eigenvalue weighted by molar-refractivity contribution is -0.118.